The Labute approximate surface area is 183 Å². The van der Waals surface area contributed by atoms with E-state index in [0.29, 0.717) is 38.7 Å². The van der Waals surface area contributed by atoms with Gasteiger partial charge in [-0.1, -0.05) is 0 Å². The van der Waals surface area contributed by atoms with Crippen molar-refractivity contribution in [1.82, 2.24) is 25.1 Å². The molecule has 2 fully saturated rings. The fourth-order valence-electron chi connectivity index (χ4n) is 3.69. The van der Waals surface area contributed by atoms with E-state index in [-0.39, 0.29) is 24.1 Å². The van der Waals surface area contributed by atoms with Gasteiger partial charge in [-0.15, -0.1) is 0 Å². The normalized spacial score (nSPS) is 19.8. The minimum Gasteiger partial charge on any atom is -0.462 e. The Morgan fingerprint density at radius 2 is 2.19 bits per heavy atom. The van der Waals surface area contributed by atoms with Gasteiger partial charge in [-0.05, 0) is 40.0 Å². The Morgan fingerprint density at radius 1 is 1.42 bits per heavy atom. The molecule has 3 N–H and O–H groups in total. The third-order valence-electron chi connectivity index (χ3n) is 5.38. The van der Waals surface area contributed by atoms with Crippen LogP contribution in [0.1, 0.15) is 51.8 Å². The molecule has 2 amide bonds. The molecule has 0 spiro atoms. The summed E-state index contributed by atoms with van der Waals surface area (Å²) in [4.78, 5) is 31.0. The molecule has 1 aromatic rings. The van der Waals surface area contributed by atoms with Gasteiger partial charge in [0.05, 0.1) is 24.4 Å². The number of morpholine rings is 1. The van der Waals surface area contributed by atoms with E-state index < -0.39 is 18.6 Å². The van der Waals surface area contributed by atoms with E-state index in [4.69, 9.17) is 19.6 Å². The molecule has 1 aliphatic carbocycles. The lowest BCUT2D eigenvalue weighted by atomic mass is 10.1. The second-order valence-electron chi connectivity index (χ2n) is 8.39. The van der Waals surface area contributed by atoms with Crippen LogP contribution < -0.4 is 15.4 Å². The maximum atomic E-state index is 13.2. The quantitative estimate of drug-likeness (QED) is 0.424. The zero-order chi connectivity index (χ0) is 22.4. The molecule has 1 saturated heterocycles. The highest BCUT2D eigenvalue weighted by Gasteiger charge is 2.40. The standard InChI is InChI=1S/C21H35N5O5/c1-14(2)31-21-24-17(12-25(21)9-4-7-23-19(28)13-27)15(3)26(16-5-6-16)20(29)18-11-22-8-10-30-18/h12,14-16,18,22,27H,4-11,13H2,1-3H3,(H,23,28)/t15-,18-/m1/s1. The molecule has 0 bridgehead atoms. The van der Waals surface area contributed by atoms with Crippen molar-refractivity contribution in [3.05, 3.63) is 11.9 Å². The van der Waals surface area contributed by atoms with Crippen LogP contribution in [-0.4, -0.2) is 82.5 Å². The van der Waals surface area contributed by atoms with Gasteiger partial charge in [0, 0.05) is 38.4 Å². The molecule has 2 atom stereocenters. The lowest BCUT2D eigenvalue weighted by Gasteiger charge is -2.33. The first-order valence-electron chi connectivity index (χ1n) is 11.2. The largest absolute Gasteiger partial charge is 0.462 e. The summed E-state index contributed by atoms with van der Waals surface area (Å²) in [6, 6.07) is 0.529. The Balaban J connectivity index is 1.72. The average molecular weight is 438 g/mol. The molecular formula is C21H35N5O5. The van der Waals surface area contributed by atoms with Crippen LogP contribution in [-0.2, 0) is 20.9 Å². The minimum absolute atomic E-state index is 0.00907. The SMILES string of the molecule is CC(C)Oc1nc([C@@H](C)N(C(=O)[C@H]2CNCCO2)C2CC2)cn1CCCNC(=O)CO. The van der Waals surface area contributed by atoms with Crippen molar-refractivity contribution >= 4 is 11.8 Å². The number of hydrogen-bond donors (Lipinski definition) is 3. The van der Waals surface area contributed by atoms with Crippen LogP contribution >= 0.6 is 0 Å². The van der Waals surface area contributed by atoms with Crippen LogP contribution in [0, 0.1) is 0 Å². The Morgan fingerprint density at radius 3 is 2.81 bits per heavy atom. The predicted octanol–water partition coefficient (Wildman–Crippen LogP) is 0.209. The molecule has 0 aromatic carbocycles. The highest BCUT2D eigenvalue weighted by molar-refractivity contribution is 5.82. The first kappa shape index (κ1) is 23.5. The molecule has 1 aromatic heterocycles. The molecule has 2 heterocycles. The lowest BCUT2D eigenvalue weighted by Crippen LogP contribution is -2.50. The van der Waals surface area contributed by atoms with E-state index in [0.717, 1.165) is 25.1 Å². The number of amides is 2. The highest BCUT2D eigenvalue weighted by Crippen LogP contribution is 2.35. The molecule has 1 aliphatic heterocycles. The van der Waals surface area contributed by atoms with Gasteiger partial charge in [0.25, 0.3) is 11.9 Å². The van der Waals surface area contributed by atoms with Gasteiger partial charge in [0.2, 0.25) is 5.91 Å². The molecule has 10 nitrogen and oxygen atoms in total. The number of nitrogens with one attached hydrogen (secondary N) is 2. The van der Waals surface area contributed by atoms with Crippen molar-refractivity contribution in [3.8, 4) is 6.01 Å². The van der Waals surface area contributed by atoms with Gasteiger partial charge < -0.3 is 34.7 Å². The summed E-state index contributed by atoms with van der Waals surface area (Å²) in [6.07, 6.45) is 4.09. The summed E-state index contributed by atoms with van der Waals surface area (Å²) < 4.78 is 13.5. The molecule has 3 rings (SSSR count). The predicted molar refractivity (Wildman–Crippen MR) is 114 cm³/mol. The van der Waals surface area contributed by atoms with Gasteiger partial charge >= 0.3 is 0 Å². The molecule has 174 valence electrons. The number of aryl methyl sites for hydroxylation is 1. The fraction of sp³-hybridized carbons (Fsp3) is 0.762. The van der Waals surface area contributed by atoms with Crippen LogP contribution in [0.5, 0.6) is 6.01 Å². The summed E-state index contributed by atoms with van der Waals surface area (Å²) in [5.41, 5.74) is 0.777. The summed E-state index contributed by atoms with van der Waals surface area (Å²) in [5, 5.41) is 14.7. The molecule has 31 heavy (non-hydrogen) atoms. The number of aliphatic hydroxyl groups is 1. The Kier molecular flexibility index (Phi) is 8.28. The molecular weight excluding hydrogens is 402 g/mol. The molecule has 2 aliphatic rings. The number of carbonyl (C=O) groups excluding carboxylic acids is 2. The summed E-state index contributed by atoms with van der Waals surface area (Å²) in [5.74, 6) is -0.383. The Hall–Kier alpha value is -2.17. The zero-order valence-corrected chi connectivity index (χ0v) is 18.7. The van der Waals surface area contributed by atoms with E-state index >= 15 is 0 Å². The fourth-order valence-corrected chi connectivity index (χ4v) is 3.69. The lowest BCUT2D eigenvalue weighted by molar-refractivity contribution is -0.148. The topological polar surface area (TPSA) is 118 Å². The van der Waals surface area contributed by atoms with Gasteiger partial charge in [0.1, 0.15) is 12.7 Å². The number of imidazole rings is 1. The number of aromatic nitrogens is 2. The number of carbonyl (C=O) groups is 2. The maximum absolute atomic E-state index is 13.2. The first-order chi connectivity index (χ1) is 14.9. The maximum Gasteiger partial charge on any atom is 0.296 e. The van der Waals surface area contributed by atoms with Crippen LogP contribution in [0.3, 0.4) is 0 Å². The second-order valence-corrected chi connectivity index (χ2v) is 8.39. The second kappa shape index (κ2) is 10.9. The minimum atomic E-state index is -0.514. The number of ether oxygens (including phenoxy) is 2. The van der Waals surface area contributed by atoms with E-state index in [2.05, 4.69) is 10.6 Å². The number of nitrogens with zero attached hydrogens (tertiary/aromatic N) is 3. The van der Waals surface area contributed by atoms with Gasteiger partial charge in [-0.3, -0.25) is 9.59 Å². The van der Waals surface area contributed by atoms with Crippen molar-refractivity contribution in [3.63, 3.8) is 0 Å². The van der Waals surface area contributed by atoms with Crippen molar-refractivity contribution in [2.24, 2.45) is 0 Å². The third kappa shape index (κ3) is 6.41. The zero-order valence-electron chi connectivity index (χ0n) is 18.7. The number of hydrogen-bond acceptors (Lipinski definition) is 7. The molecule has 1 saturated carbocycles. The van der Waals surface area contributed by atoms with Gasteiger partial charge in [-0.25, -0.2) is 0 Å². The average Bonchev–Trinajstić information content (AvgIpc) is 3.52. The molecule has 0 unspecified atom stereocenters. The third-order valence-corrected chi connectivity index (χ3v) is 5.38. The summed E-state index contributed by atoms with van der Waals surface area (Å²) in [6.45, 7) is 8.25. The monoisotopic (exact) mass is 437 g/mol. The van der Waals surface area contributed by atoms with Crippen molar-refractivity contribution in [1.29, 1.82) is 0 Å². The highest BCUT2D eigenvalue weighted by atomic mass is 16.5. The first-order valence-corrected chi connectivity index (χ1v) is 11.2. The smallest absolute Gasteiger partial charge is 0.296 e. The van der Waals surface area contributed by atoms with Gasteiger partial charge in [-0.2, -0.15) is 4.98 Å². The van der Waals surface area contributed by atoms with Crippen LogP contribution in [0.2, 0.25) is 0 Å². The van der Waals surface area contributed by atoms with Crippen molar-refractivity contribution < 1.29 is 24.2 Å². The summed E-state index contributed by atoms with van der Waals surface area (Å²) in [7, 11) is 0. The van der Waals surface area contributed by atoms with Crippen LogP contribution in [0.25, 0.3) is 0 Å². The van der Waals surface area contributed by atoms with Crippen molar-refractivity contribution in [2.75, 3.05) is 32.8 Å². The molecule has 0 radical (unpaired) electrons. The van der Waals surface area contributed by atoms with Crippen LogP contribution in [0.4, 0.5) is 0 Å². The summed E-state index contributed by atoms with van der Waals surface area (Å²) >= 11 is 0. The van der Waals surface area contributed by atoms with E-state index in [1.807, 2.05) is 36.4 Å². The van der Waals surface area contributed by atoms with Crippen molar-refractivity contribution in [2.45, 2.75) is 70.9 Å². The van der Waals surface area contributed by atoms with Crippen LogP contribution in [0.15, 0.2) is 6.20 Å². The van der Waals surface area contributed by atoms with E-state index in [1.165, 1.54) is 0 Å². The number of rotatable bonds is 11. The van der Waals surface area contributed by atoms with E-state index in [9.17, 15) is 9.59 Å². The number of aliphatic hydroxyl groups excluding tert-OH is 1. The van der Waals surface area contributed by atoms with Gasteiger partial charge in [0.15, 0.2) is 0 Å². The molecule has 10 heteroatoms. The van der Waals surface area contributed by atoms with E-state index in [1.54, 1.807) is 0 Å². The Bertz CT molecular complexity index is 743.